The van der Waals surface area contributed by atoms with Gasteiger partial charge in [-0.05, 0) is 23.6 Å². The lowest BCUT2D eigenvalue weighted by molar-refractivity contribution is -0.117. The molecule has 0 aromatic carbocycles. The summed E-state index contributed by atoms with van der Waals surface area (Å²) in [6.45, 7) is 1.26. The number of nitrogens with zero attached hydrogens (tertiary/aromatic N) is 5. The topological polar surface area (TPSA) is 88.5 Å². The third-order valence-electron chi connectivity index (χ3n) is 4.13. The first-order chi connectivity index (χ1) is 12.7. The van der Waals surface area contributed by atoms with E-state index >= 15 is 0 Å². The number of hydrogen-bond donors (Lipinski definition) is 0. The highest BCUT2D eigenvalue weighted by Crippen LogP contribution is 2.30. The smallest absolute Gasteiger partial charge is 0.376 e. The maximum atomic E-state index is 12.7. The van der Waals surface area contributed by atoms with Crippen molar-refractivity contribution in [2.75, 3.05) is 36.5 Å². The molecular weight excluding hydrogens is 354 g/mol. The average molecular weight is 369 g/mol. The third kappa shape index (κ3) is 2.86. The van der Waals surface area contributed by atoms with E-state index in [0.29, 0.717) is 24.4 Å². The van der Waals surface area contributed by atoms with Crippen molar-refractivity contribution < 1.29 is 14.3 Å². The number of methoxy groups -OCH3 is 1. The summed E-state index contributed by atoms with van der Waals surface area (Å²) in [5, 5.41) is 1.89. The van der Waals surface area contributed by atoms with Crippen LogP contribution in [-0.2, 0) is 9.53 Å². The van der Waals surface area contributed by atoms with E-state index in [-0.39, 0.29) is 18.3 Å². The highest BCUT2D eigenvalue weighted by Gasteiger charge is 2.28. The first-order valence-electron chi connectivity index (χ1n) is 7.96. The van der Waals surface area contributed by atoms with Gasteiger partial charge in [0.25, 0.3) is 0 Å². The van der Waals surface area contributed by atoms with Gasteiger partial charge in [0, 0.05) is 19.3 Å². The Hall–Kier alpha value is -3.07. The Kier molecular flexibility index (Phi) is 4.21. The fraction of sp³-hybridized carbons (Fsp3) is 0.235. The van der Waals surface area contributed by atoms with Crippen LogP contribution in [0.1, 0.15) is 10.6 Å². The van der Waals surface area contributed by atoms with Crippen LogP contribution in [0.2, 0.25) is 0 Å². The molecule has 1 aliphatic rings. The van der Waals surface area contributed by atoms with Crippen molar-refractivity contribution in [3.8, 4) is 0 Å². The second-order valence-corrected chi connectivity index (χ2v) is 6.59. The molecule has 4 rings (SSSR count). The minimum atomic E-state index is -0.598. The number of piperazine rings is 1. The van der Waals surface area contributed by atoms with Gasteiger partial charge in [0.2, 0.25) is 11.7 Å². The molecule has 9 heteroatoms. The van der Waals surface area contributed by atoms with Crippen LogP contribution in [0.5, 0.6) is 0 Å². The lowest BCUT2D eigenvalue weighted by Crippen LogP contribution is -2.51. The quantitative estimate of drug-likeness (QED) is 0.650. The van der Waals surface area contributed by atoms with Crippen molar-refractivity contribution in [3.05, 3.63) is 41.8 Å². The molecule has 0 spiro atoms. The Morgan fingerprint density at radius 1 is 1.27 bits per heavy atom. The van der Waals surface area contributed by atoms with Gasteiger partial charge in [0.05, 0.1) is 35.8 Å². The minimum Gasteiger partial charge on any atom is -0.463 e. The summed E-state index contributed by atoms with van der Waals surface area (Å²) in [5.74, 6) is -0.0630. The van der Waals surface area contributed by atoms with Gasteiger partial charge in [-0.3, -0.25) is 9.78 Å². The molecule has 0 unspecified atom stereocenters. The molecule has 8 nitrogen and oxygen atoms in total. The van der Waals surface area contributed by atoms with Crippen LogP contribution >= 0.6 is 11.3 Å². The first-order valence-corrected chi connectivity index (χ1v) is 8.84. The number of carbonyl (C=O) groups is 2. The van der Waals surface area contributed by atoms with Gasteiger partial charge in [-0.15, -0.1) is 11.3 Å². The van der Waals surface area contributed by atoms with Gasteiger partial charge in [-0.2, -0.15) is 0 Å². The number of fused-ring (bicyclic) bond motifs is 1. The molecule has 1 aliphatic heterocycles. The van der Waals surface area contributed by atoms with Gasteiger partial charge >= 0.3 is 5.97 Å². The van der Waals surface area contributed by atoms with E-state index in [1.807, 2.05) is 22.4 Å². The number of aromatic nitrogens is 3. The molecule has 1 fully saturated rings. The highest BCUT2D eigenvalue weighted by atomic mass is 32.1. The van der Waals surface area contributed by atoms with Crippen molar-refractivity contribution in [2.24, 2.45) is 0 Å². The zero-order valence-electron chi connectivity index (χ0n) is 14.0. The maximum absolute atomic E-state index is 12.7. The number of pyridine rings is 1. The summed E-state index contributed by atoms with van der Waals surface area (Å²) in [4.78, 5) is 40.8. The number of amides is 1. The van der Waals surface area contributed by atoms with Crippen LogP contribution in [0.3, 0.4) is 0 Å². The molecule has 3 aromatic heterocycles. The van der Waals surface area contributed by atoms with E-state index in [4.69, 9.17) is 4.74 Å². The summed E-state index contributed by atoms with van der Waals surface area (Å²) in [5.41, 5.74) is 1.44. The molecule has 0 N–H and O–H groups in total. The molecule has 1 saturated heterocycles. The van der Waals surface area contributed by atoms with Crippen LogP contribution in [0.25, 0.3) is 10.2 Å². The minimum absolute atomic E-state index is 0.00413. The zero-order valence-corrected chi connectivity index (χ0v) is 14.8. The van der Waals surface area contributed by atoms with Crippen molar-refractivity contribution >= 4 is 44.9 Å². The van der Waals surface area contributed by atoms with Crippen LogP contribution in [0.4, 0.5) is 11.5 Å². The van der Waals surface area contributed by atoms with E-state index in [0.717, 1.165) is 10.4 Å². The van der Waals surface area contributed by atoms with E-state index < -0.39 is 5.97 Å². The number of esters is 1. The number of rotatable bonds is 3. The molecule has 0 bridgehead atoms. The maximum Gasteiger partial charge on any atom is 0.376 e. The Bertz CT molecular complexity index is 975. The fourth-order valence-corrected chi connectivity index (χ4v) is 3.73. The second kappa shape index (κ2) is 6.68. The average Bonchev–Trinajstić information content (AvgIpc) is 3.16. The molecular formula is C17H15N5O3S. The lowest BCUT2D eigenvalue weighted by atomic mass is 10.2. The van der Waals surface area contributed by atoms with Gasteiger partial charge in [0.15, 0.2) is 5.82 Å². The van der Waals surface area contributed by atoms with Crippen molar-refractivity contribution in [3.63, 3.8) is 0 Å². The SMILES string of the molecule is COC(=O)c1nc(N2CCN(c3cccnc3)C(=O)C2)c2sccc2n1. The molecule has 26 heavy (non-hydrogen) atoms. The molecule has 0 radical (unpaired) electrons. The fourth-order valence-electron chi connectivity index (χ4n) is 2.89. The predicted molar refractivity (Wildman–Crippen MR) is 97.6 cm³/mol. The summed E-state index contributed by atoms with van der Waals surface area (Å²) < 4.78 is 5.59. The molecule has 0 saturated carbocycles. The number of ether oxygens (including phenoxy) is 1. The van der Waals surface area contributed by atoms with Crippen LogP contribution in [0.15, 0.2) is 36.0 Å². The standard InChI is InChI=1S/C17H15N5O3S/c1-25-17(24)15-19-12-4-8-26-14(12)16(20-15)21-6-7-22(13(23)10-21)11-3-2-5-18-9-11/h2-5,8-9H,6-7,10H2,1H3. The van der Waals surface area contributed by atoms with Gasteiger partial charge in [0.1, 0.15) is 0 Å². The summed E-state index contributed by atoms with van der Waals surface area (Å²) in [6, 6.07) is 5.49. The number of hydrogen-bond acceptors (Lipinski definition) is 8. The Morgan fingerprint density at radius 3 is 2.88 bits per heavy atom. The largest absolute Gasteiger partial charge is 0.463 e. The first kappa shape index (κ1) is 16.4. The highest BCUT2D eigenvalue weighted by molar-refractivity contribution is 7.17. The number of anilines is 2. The molecule has 3 aromatic rings. The van der Waals surface area contributed by atoms with Crippen LogP contribution < -0.4 is 9.80 Å². The third-order valence-corrected chi connectivity index (χ3v) is 5.03. The second-order valence-electron chi connectivity index (χ2n) is 5.68. The van der Waals surface area contributed by atoms with Gasteiger partial charge in [-0.25, -0.2) is 14.8 Å². The van der Waals surface area contributed by atoms with E-state index in [1.165, 1.54) is 18.4 Å². The van der Waals surface area contributed by atoms with Crippen LogP contribution in [0, 0.1) is 0 Å². The molecule has 0 aliphatic carbocycles. The molecule has 132 valence electrons. The van der Waals surface area contributed by atoms with E-state index in [9.17, 15) is 9.59 Å². The number of thiophene rings is 1. The van der Waals surface area contributed by atoms with E-state index in [1.54, 1.807) is 23.4 Å². The molecule has 0 atom stereocenters. The number of carbonyl (C=O) groups excluding carboxylic acids is 2. The summed E-state index contributed by atoms with van der Waals surface area (Å²) in [7, 11) is 1.29. The summed E-state index contributed by atoms with van der Waals surface area (Å²) >= 11 is 1.48. The van der Waals surface area contributed by atoms with Crippen molar-refractivity contribution in [1.82, 2.24) is 15.0 Å². The zero-order chi connectivity index (χ0) is 18.1. The van der Waals surface area contributed by atoms with Crippen molar-refractivity contribution in [2.45, 2.75) is 0 Å². The molecule has 4 heterocycles. The normalized spacial score (nSPS) is 14.7. The lowest BCUT2D eigenvalue weighted by Gasteiger charge is -2.34. The van der Waals surface area contributed by atoms with Gasteiger partial charge < -0.3 is 14.5 Å². The van der Waals surface area contributed by atoms with E-state index in [2.05, 4.69) is 15.0 Å². The summed E-state index contributed by atoms with van der Waals surface area (Å²) in [6.07, 6.45) is 3.35. The predicted octanol–water partition coefficient (Wildman–Crippen LogP) is 1.73. The Morgan fingerprint density at radius 2 is 2.15 bits per heavy atom. The monoisotopic (exact) mass is 369 g/mol. The Balaban J connectivity index is 1.66. The van der Waals surface area contributed by atoms with Gasteiger partial charge in [-0.1, -0.05) is 0 Å². The Labute approximate surface area is 153 Å². The van der Waals surface area contributed by atoms with Crippen molar-refractivity contribution in [1.29, 1.82) is 0 Å². The van der Waals surface area contributed by atoms with Crippen LogP contribution in [-0.4, -0.2) is 53.6 Å². The molecule has 1 amide bonds.